The fraction of sp³-hybridized carbons (Fsp3) is 0.538. The molecule has 0 radical (unpaired) electrons. The summed E-state index contributed by atoms with van der Waals surface area (Å²) in [6.07, 6.45) is 7.16. The third-order valence-electron chi connectivity index (χ3n) is 7.77. The van der Waals surface area contributed by atoms with Crippen LogP contribution in [-0.4, -0.2) is 81.0 Å². The summed E-state index contributed by atoms with van der Waals surface area (Å²) in [5.74, 6) is 1.36. The minimum Gasteiger partial charge on any atom is -0.493 e. The summed E-state index contributed by atoms with van der Waals surface area (Å²) in [5, 5.41) is 11.9. The number of piperidine rings is 1. The SMILES string of the molecule is CC1CC(c2cnc(NCc3c(F)ccc4c3CCO4)n3cnnc23)CC(C)N1CC(C=O)N(C)C. The maximum Gasteiger partial charge on any atom is 0.210 e. The summed E-state index contributed by atoms with van der Waals surface area (Å²) in [5.41, 5.74) is 3.36. The summed E-state index contributed by atoms with van der Waals surface area (Å²) in [4.78, 5) is 20.7. The van der Waals surface area contributed by atoms with Gasteiger partial charge in [-0.2, -0.15) is 0 Å². The zero-order valence-electron chi connectivity index (χ0n) is 21.3. The van der Waals surface area contributed by atoms with E-state index in [1.165, 1.54) is 6.07 Å². The summed E-state index contributed by atoms with van der Waals surface area (Å²) >= 11 is 0. The number of anilines is 1. The molecule has 9 nitrogen and oxygen atoms in total. The van der Waals surface area contributed by atoms with Gasteiger partial charge in [0, 0.05) is 54.5 Å². The highest BCUT2D eigenvalue weighted by Crippen LogP contribution is 2.37. The number of carbonyl (C=O) groups is 1. The Hall–Kier alpha value is -3.11. The number of hydrogen-bond acceptors (Lipinski definition) is 8. The number of aldehydes is 1. The van der Waals surface area contributed by atoms with Gasteiger partial charge in [0.25, 0.3) is 0 Å². The van der Waals surface area contributed by atoms with E-state index in [9.17, 15) is 9.18 Å². The topological polar surface area (TPSA) is 87.9 Å². The van der Waals surface area contributed by atoms with Crippen LogP contribution in [0.3, 0.4) is 0 Å². The predicted molar refractivity (Wildman–Crippen MR) is 135 cm³/mol. The number of likely N-dealkylation sites (N-methyl/N-ethyl adjacent to an activating group) is 1. The molecule has 3 unspecified atom stereocenters. The van der Waals surface area contributed by atoms with Crippen molar-refractivity contribution in [2.75, 3.05) is 32.6 Å². The fourth-order valence-electron chi connectivity index (χ4n) is 5.71. The van der Waals surface area contributed by atoms with E-state index in [-0.39, 0.29) is 17.8 Å². The van der Waals surface area contributed by atoms with E-state index in [1.807, 2.05) is 29.6 Å². The van der Waals surface area contributed by atoms with E-state index in [1.54, 1.807) is 12.4 Å². The molecule has 3 atom stereocenters. The Morgan fingerprint density at radius 2 is 2.06 bits per heavy atom. The molecule has 0 aliphatic carbocycles. The van der Waals surface area contributed by atoms with Crippen molar-refractivity contribution in [3.05, 3.63) is 47.2 Å². The Bertz CT molecular complexity index is 1230. The van der Waals surface area contributed by atoms with E-state index in [0.717, 1.165) is 48.2 Å². The molecule has 36 heavy (non-hydrogen) atoms. The number of rotatable bonds is 8. The fourth-order valence-corrected chi connectivity index (χ4v) is 5.71. The summed E-state index contributed by atoms with van der Waals surface area (Å²) in [6.45, 7) is 6.04. The number of aromatic nitrogens is 4. The van der Waals surface area contributed by atoms with E-state index in [0.29, 0.717) is 43.2 Å². The lowest BCUT2D eigenvalue weighted by Crippen LogP contribution is -2.52. The number of likely N-dealkylation sites (tertiary alicyclic amines) is 1. The molecule has 0 spiro atoms. The number of benzene rings is 1. The van der Waals surface area contributed by atoms with Crippen molar-refractivity contribution >= 4 is 17.9 Å². The average Bonchev–Trinajstić information content (AvgIpc) is 3.53. The van der Waals surface area contributed by atoms with Crippen molar-refractivity contribution in [3.63, 3.8) is 0 Å². The number of nitrogens with one attached hydrogen (secondary N) is 1. The lowest BCUT2D eigenvalue weighted by Gasteiger charge is -2.44. The van der Waals surface area contributed by atoms with Gasteiger partial charge >= 0.3 is 0 Å². The van der Waals surface area contributed by atoms with E-state index in [2.05, 4.69) is 34.3 Å². The number of halogens is 1. The van der Waals surface area contributed by atoms with Crippen molar-refractivity contribution in [2.24, 2.45) is 0 Å². The number of ether oxygens (including phenoxy) is 1. The highest BCUT2D eigenvalue weighted by molar-refractivity contribution is 5.58. The first-order chi connectivity index (χ1) is 17.4. The molecule has 192 valence electrons. The second kappa shape index (κ2) is 10.1. The minimum absolute atomic E-state index is 0.121. The standard InChI is InChI=1S/C26H34FN7O2/c1-16-9-18(10-17(2)33(16)13-19(14-35)32(3)4)21-11-28-26(34-15-30-31-25(21)34)29-12-22-20-7-8-36-24(20)6-5-23(22)27/h5-6,11,14-19H,7-10,12-13H2,1-4H3,(H,28,29). The van der Waals surface area contributed by atoms with Gasteiger partial charge in [-0.3, -0.25) is 14.2 Å². The summed E-state index contributed by atoms with van der Waals surface area (Å²) in [7, 11) is 3.88. The van der Waals surface area contributed by atoms with Crippen LogP contribution in [0.15, 0.2) is 24.7 Å². The van der Waals surface area contributed by atoms with Crippen LogP contribution in [0, 0.1) is 5.82 Å². The Morgan fingerprint density at radius 3 is 2.78 bits per heavy atom. The van der Waals surface area contributed by atoms with E-state index < -0.39 is 0 Å². The van der Waals surface area contributed by atoms with Crippen molar-refractivity contribution < 1.29 is 13.9 Å². The molecule has 2 aliphatic rings. The second-order valence-corrected chi connectivity index (χ2v) is 10.2. The molecule has 0 amide bonds. The lowest BCUT2D eigenvalue weighted by molar-refractivity contribution is -0.112. The van der Waals surface area contributed by atoms with Crippen LogP contribution in [-0.2, 0) is 17.8 Å². The van der Waals surface area contributed by atoms with E-state index >= 15 is 0 Å². The summed E-state index contributed by atoms with van der Waals surface area (Å²) in [6, 6.07) is 3.65. The van der Waals surface area contributed by atoms with Crippen LogP contribution in [0.2, 0.25) is 0 Å². The van der Waals surface area contributed by atoms with Gasteiger partial charge in [-0.05, 0) is 58.8 Å². The van der Waals surface area contributed by atoms with Gasteiger partial charge in [-0.15, -0.1) is 10.2 Å². The van der Waals surface area contributed by atoms with Crippen molar-refractivity contribution in [1.82, 2.24) is 29.4 Å². The average molecular weight is 496 g/mol. The predicted octanol–water partition coefficient (Wildman–Crippen LogP) is 2.90. The number of nitrogens with zero attached hydrogens (tertiary/aromatic N) is 6. The Kier molecular flexibility index (Phi) is 6.90. The lowest BCUT2D eigenvalue weighted by atomic mass is 9.83. The molecule has 0 bridgehead atoms. The highest BCUT2D eigenvalue weighted by Gasteiger charge is 2.34. The van der Waals surface area contributed by atoms with Gasteiger partial charge in [0.2, 0.25) is 5.95 Å². The van der Waals surface area contributed by atoms with Crippen LogP contribution in [0.5, 0.6) is 5.75 Å². The Labute approximate surface area is 210 Å². The molecule has 2 aromatic heterocycles. The quantitative estimate of drug-likeness (QED) is 0.478. The molecule has 5 rings (SSSR count). The maximum absolute atomic E-state index is 14.6. The largest absolute Gasteiger partial charge is 0.493 e. The first-order valence-electron chi connectivity index (χ1n) is 12.6. The molecule has 0 saturated carbocycles. The Morgan fingerprint density at radius 1 is 1.28 bits per heavy atom. The molecular weight excluding hydrogens is 461 g/mol. The van der Waals surface area contributed by atoms with E-state index in [4.69, 9.17) is 9.72 Å². The molecule has 1 aromatic carbocycles. The van der Waals surface area contributed by atoms with Crippen molar-refractivity contribution in [3.8, 4) is 5.75 Å². The zero-order chi connectivity index (χ0) is 25.4. The summed E-state index contributed by atoms with van der Waals surface area (Å²) < 4.78 is 22.0. The first kappa shape index (κ1) is 24.6. The monoisotopic (exact) mass is 495 g/mol. The van der Waals surface area contributed by atoms with Crippen molar-refractivity contribution in [2.45, 2.75) is 63.7 Å². The normalized spacial score (nSPS) is 23.0. The van der Waals surface area contributed by atoms with Crippen LogP contribution >= 0.6 is 0 Å². The second-order valence-electron chi connectivity index (χ2n) is 10.2. The van der Waals surface area contributed by atoms with Gasteiger partial charge in [0.15, 0.2) is 5.65 Å². The molecular formula is C26H34FN7O2. The highest BCUT2D eigenvalue weighted by atomic mass is 19.1. The van der Waals surface area contributed by atoms with Crippen molar-refractivity contribution in [1.29, 1.82) is 0 Å². The first-order valence-corrected chi connectivity index (χ1v) is 12.6. The van der Waals surface area contributed by atoms with Gasteiger partial charge < -0.3 is 14.8 Å². The molecule has 3 aromatic rings. The minimum atomic E-state index is -0.246. The molecule has 1 saturated heterocycles. The maximum atomic E-state index is 14.6. The van der Waals surface area contributed by atoms with Gasteiger partial charge in [-0.25, -0.2) is 9.37 Å². The third kappa shape index (κ3) is 4.55. The zero-order valence-corrected chi connectivity index (χ0v) is 21.3. The van der Waals surface area contributed by atoms with Gasteiger partial charge in [-0.1, -0.05) is 0 Å². The number of fused-ring (bicyclic) bond motifs is 2. The van der Waals surface area contributed by atoms with Gasteiger partial charge in [0.1, 0.15) is 24.2 Å². The molecule has 2 aliphatic heterocycles. The van der Waals surface area contributed by atoms with Crippen LogP contribution in [0.25, 0.3) is 5.65 Å². The molecule has 1 fully saturated rings. The number of carbonyl (C=O) groups excluding carboxylic acids is 1. The molecule has 10 heteroatoms. The van der Waals surface area contributed by atoms with Crippen LogP contribution < -0.4 is 10.1 Å². The molecule has 1 N–H and O–H groups in total. The number of hydrogen-bond donors (Lipinski definition) is 1. The van der Waals surface area contributed by atoms with Gasteiger partial charge in [0.05, 0.1) is 12.6 Å². The Balaban J connectivity index is 1.34. The van der Waals surface area contributed by atoms with Crippen LogP contribution in [0.1, 0.15) is 49.3 Å². The molecule has 4 heterocycles. The third-order valence-corrected chi connectivity index (χ3v) is 7.77. The smallest absolute Gasteiger partial charge is 0.210 e. The van der Waals surface area contributed by atoms with Crippen LogP contribution in [0.4, 0.5) is 10.3 Å².